The zero-order chi connectivity index (χ0) is 13.0. The summed E-state index contributed by atoms with van der Waals surface area (Å²) < 4.78 is 4.71. The molecule has 0 aliphatic heterocycles. The summed E-state index contributed by atoms with van der Waals surface area (Å²) in [4.78, 5) is 0. The van der Waals surface area contributed by atoms with E-state index >= 15 is 0 Å². The molecule has 0 radical (unpaired) electrons. The lowest BCUT2D eigenvalue weighted by Gasteiger charge is -2.15. The Balaban J connectivity index is 2.12. The largest absolute Gasteiger partial charge is 0.397 e. The first-order valence-electron chi connectivity index (χ1n) is 6.11. The summed E-state index contributed by atoms with van der Waals surface area (Å²) in [6.07, 6.45) is 1.81. The van der Waals surface area contributed by atoms with E-state index in [-0.39, 0.29) is 6.61 Å². The molecule has 18 heavy (non-hydrogen) atoms. The van der Waals surface area contributed by atoms with Gasteiger partial charge in [-0.1, -0.05) is 13.3 Å². The van der Waals surface area contributed by atoms with Crippen LogP contribution in [0, 0.1) is 5.92 Å². The van der Waals surface area contributed by atoms with Crippen LogP contribution < -0.4 is 11.1 Å². The first-order chi connectivity index (χ1) is 8.76. The SMILES string of the molecule is CCC(CCO)CNc1ccc(N)c2nonc12. The molecule has 1 aromatic heterocycles. The van der Waals surface area contributed by atoms with E-state index in [9.17, 15) is 0 Å². The van der Waals surface area contributed by atoms with Gasteiger partial charge in [-0.2, -0.15) is 0 Å². The third-order valence-electron chi connectivity index (χ3n) is 3.14. The quantitative estimate of drug-likeness (QED) is 0.674. The Morgan fingerprint density at radius 1 is 1.39 bits per heavy atom. The van der Waals surface area contributed by atoms with Crippen LogP contribution >= 0.6 is 0 Å². The van der Waals surface area contributed by atoms with Crippen LogP contribution in [0.2, 0.25) is 0 Å². The second kappa shape index (κ2) is 5.68. The summed E-state index contributed by atoms with van der Waals surface area (Å²) in [5.41, 5.74) is 8.42. The Bertz CT molecular complexity index is 512. The van der Waals surface area contributed by atoms with Crippen molar-refractivity contribution >= 4 is 22.4 Å². The molecule has 0 amide bonds. The molecule has 0 aliphatic carbocycles. The number of benzene rings is 1. The molecule has 6 heteroatoms. The Morgan fingerprint density at radius 2 is 2.17 bits per heavy atom. The van der Waals surface area contributed by atoms with Crippen molar-refractivity contribution in [3.8, 4) is 0 Å². The van der Waals surface area contributed by atoms with Gasteiger partial charge < -0.3 is 16.2 Å². The summed E-state index contributed by atoms with van der Waals surface area (Å²) in [7, 11) is 0. The third kappa shape index (κ3) is 2.53. The maximum Gasteiger partial charge on any atom is 0.160 e. The Labute approximate surface area is 105 Å². The monoisotopic (exact) mass is 250 g/mol. The van der Waals surface area contributed by atoms with Crippen LogP contribution in [0.15, 0.2) is 16.8 Å². The standard InChI is InChI=1S/C12H18N4O2/c1-2-8(5-6-17)7-14-10-4-3-9(13)11-12(10)16-18-15-11/h3-4,8,14,17H,2,5-7,13H2,1H3. The molecule has 1 heterocycles. The molecular weight excluding hydrogens is 232 g/mol. The first-order valence-corrected chi connectivity index (χ1v) is 6.11. The maximum absolute atomic E-state index is 8.96. The smallest absolute Gasteiger partial charge is 0.160 e. The van der Waals surface area contributed by atoms with Crippen LogP contribution in [0.5, 0.6) is 0 Å². The van der Waals surface area contributed by atoms with Crippen molar-refractivity contribution in [1.29, 1.82) is 0 Å². The second-order valence-corrected chi connectivity index (χ2v) is 4.33. The van der Waals surface area contributed by atoms with Gasteiger partial charge in [0.1, 0.15) is 0 Å². The first kappa shape index (κ1) is 12.6. The van der Waals surface area contributed by atoms with Gasteiger partial charge in [0.25, 0.3) is 0 Å². The fourth-order valence-electron chi connectivity index (χ4n) is 1.92. The zero-order valence-corrected chi connectivity index (χ0v) is 10.4. The van der Waals surface area contributed by atoms with Crippen molar-refractivity contribution in [2.45, 2.75) is 19.8 Å². The minimum absolute atomic E-state index is 0.211. The van der Waals surface area contributed by atoms with Crippen molar-refractivity contribution in [3.63, 3.8) is 0 Å². The van der Waals surface area contributed by atoms with E-state index in [0.717, 1.165) is 25.1 Å². The van der Waals surface area contributed by atoms with Crippen molar-refractivity contribution in [3.05, 3.63) is 12.1 Å². The molecule has 0 saturated heterocycles. The molecule has 0 fully saturated rings. The van der Waals surface area contributed by atoms with Gasteiger partial charge in [-0.25, -0.2) is 4.63 Å². The van der Waals surface area contributed by atoms with E-state index in [0.29, 0.717) is 22.6 Å². The zero-order valence-electron chi connectivity index (χ0n) is 10.4. The fourth-order valence-corrected chi connectivity index (χ4v) is 1.92. The predicted molar refractivity (Wildman–Crippen MR) is 70.2 cm³/mol. The number of nitrogens with zero attached hydrogens (tertiary/aromatic N) is 2. The molecule has 2 rings (SSSR count). The van der Waals surface area contributed by atoms with Gasteiger partial charge in [0, 0.05) is 13.2 Å². The Morgan fingerprint density at radius 3 is 2.89 bits per heavy atom. The summed E-state index contributed by atoms with van der Waals surface area (Å²) in [6, 6.07) is 3.65. The number of fused-ring (bicyclic) bond motifs is 1. The number of nitrogen functional groups attached to an aromatic ring is 1. The Hall–Kier alpha value is -1.82. The van der Waals surface area contributed by atoms with Crippen LogP contribution in [0.3, 0.4) is 0 Å². The van der Waals surface area contributed by atoms with E-state index in [2.05, 4.69) is 22.6 Å². The number of hydrogen-bond donors (Lipinski definition) is 3. The van der Waals surface area contributed by atoms with Crippen LogP contribution in [0.4, 0.5) is 11.4 Å². The van der Waals surface area contributed by atoms with Crippen molar-refractivity contribution in [2.24, 2.45) is 5.92 Å². The van der Waals surface area contributed by atoms with E-state index in [1.165, 1.54) is 0 Å². The van der Waals surface area contributed by atoms with Gasteiger partial charge in [0.2, 0.25) is 0 Å². The van der Waals surface area contributed by atoms with E-state index in [1.807, 2.05) is 6.07 Å². The van der Waals surface area contributed by atoms with E-state index < -0.39 is 0 Å². The molecule has 1 aromatic carbocycles. The minimum Gasteiger partial charge on any atom is -0.397 e. The fraction of sp³-hybridized carbons (Fsp3) is 0.500. The number of nitrogens with one attached hydrogen (secondary N) is 1. The molecule has 98 valence electrons. The molecule has 0 bridgehead atoms. The summed E-state index contributed by atoms with van der Waals surface area (Å²) in [6.45, 7) is 3.10. The van der Waals surface area contributed by atoms with Crippen molar-refractivity contribution in [2.75, 3.05) is 24.2 Å². The normalized spacial score (nSPS) is 12.8. The van der Waals surface area contributed by atoms with E-state index in [1.54, 1.807) is 6.07 Å². The van der Waals surface area contributed by atoms with Gasteiger partial charge in [0.15, 0.2) is 11.0 Å². The highest BCUT2D eigenvalue weighted by Gasteiger charge is 2.11. The molecule has 0 spiro atoms. The van der Waals surface area contributed by atoms with Gasteiger partial charge >= 0.3 is 0 Å². The second-order valence-electron chi connectivity index (χ2n) is 4.33. The highest BCUT2D eigenvalue weighted by atomic mass is 16.6. The molecule has 0 aliphatic rings. The molecule has 2 aromatic rings. The number of rotatable bonds is 6. The number of aliphatic hydroxyl groups is 1. The minimum atomic E-state index is 0.211. The number of anilines is 2. The molecule has 0 saturated carbocycles. The molecule has 6 nitrogen and oxygen atoms in total. The number of aromatic nitrogens is 2. The van der Waals surface area contributed by atoms with E-state index in [4.69, 9.17) is 15.5 Å². The third-order valence-corrected chi connectivity index (χ3v) is 3.14. The van der Waals surface area contributed by atoms with Crippen LogP contribution in [-0.4, -0.2) is 28.6 Å². The molecule has 1 unspecified atom stereocenters. The topological polar surface area (TPSA) is 97.2 Å². The highest BCUT2D eigenvalue weighted by molar-refractivity contribution is 5.94. The number of nitrogens with two attached hydrogens (primary N) is 1. The van der Waals surface area contributed by atoms with Gasteiger partial charge in [-0.3, -0.25) is 0 Å². The van der Waals surface area contributed by atoms with Crippen LogP contribution in [0.25, 0.3) is 11.0 Å². The predicted octanol–water partition coefficient (Wildman–Crippen LogP) is 1.63. The van der Waals surface area contributed by atoms with Crippen molar-refractivity contribution in [1.82, 2.24) is 10.3 Å². The highest BCUT2D eigenvalue weighted by Crippen LogP contribution is 2.25. The Kier molecular flexibility index (Phi) is 3.99. The summed E-state index contributed by atoms with van der Waals surface area (Å²) in [5.74, 6) is 0.433. The average molecular weight is 250 g/mol. The summed E-state index contributed by atoms with van der Waals surface area (Å²) >= 11 is 0. The average Bonchev–Trinajstić information content (AvgIpc) is 2.86. The number of hydrogen-bond acceptors (Lipinski definition) is 6. The number of aliphatic hydroxyl groups excluding tert-OH is 1. The maximum atomic E-state index is 8.96. The van der Waals surface area contributed by atoms with Crippen molar-refractivity contribution < 1.29 is 9.74 Å². The lowest BCUT2D eigenvalue weighted by atomic mass is 10.0. The lowest BCUT2D eigenvalue weighted by Crippen LogP contribution is -2.15. The van der Waals surface area contributed by atoms with Gasteiger partial charge in [-0.15, -0.1) is 0 Å². The van der Waals surface area contributed by atoms with Gasteiger partial charge in [0.05, 0.1) is 11.4 Å². The van der Waals surface area contributed by atoms with Gasteiger partial charge in [-0.05, 0) is 34.8 Å². The van der Waals surface area contributed by atoms with Crippen LogP contribution in [-0.2, 0) is 0 Å². The van der Waals surface area contributed by atoms with Crippen LogP contribution in [0.1, 0.15) is 19.8 Å². The lowest BCUT2D eigenvalue weighted by molar-refractivity contribution is 0.258. The molecular formula is C12H18N4O2. The summed E-state index contributed by atoms with van der Waals surface area (Å²) in [5, 5.41) is 19.9. The molecule has 4 N–H and O–H groups in total. The molecule has 1 atom stereocenters.